The number of nitrogens with one attached hydrogen (secondary N) is 3. The van der Waals surface area contributed by atoms with E-state index in [4.69, 9.17) is 0 Å². The highest BCUT2D eigenvalue weighted by molar-refractivity contribution is 5.88. The summed E-state index contributed by atoms with van der Waals surface area (Å²) in [4.78, 5) is 15.8. The molecule has 2 aromatic heterocycles. The summed E-state index contributed by atoms with van der Waals surface area (Å²) in [6.07, 6.45) is 3.75. The minimum atomic E-state index is -0.359. The van der Waals surface area contributed by atoms with Crippen molar-refractivity contribution in [3.05, 3.63) is 30.0 Å². The van der Waals surface area contributed by atoms with Gasteiger partial charge >= 0.3 is 6.03 Å². The van der Waals surface area contributed by atoms with E-state index in [1.165, 1.54) is 19.2 Å². The zero-order valence-electron chi connectivity index (χ0n) is 11.0. The Labute approximate surface area is 115 Å². The van der Waals surface area contributed by atoms with Crippen molar-refractivity contribution in [1.82, 2.24) is 30.7 Å². The summed E-state index contributed by atoms with van der Waals surface area (Å²) in [6.45, 7) is 1.81. The number of hydrogen-bond donors (Lipinski definition) is 3. The SMILES string of the molecule is CC(NC(=O)Nc1ccc(C2CC2)nn1)c1ncn[nH]1. The van der Waals surface area contributed by atoms with Gasteiger partial charge in [-0.05, 0) is 31.9 Å². The number of nitrogens with zero attached hydrogens (tertiary/aromatic N) is 4. The van der Waals surface area contributed by atoms with Gasteiger partial charge in [0.25, 0.3) is 0 Å². The normalized spacial score (nSPS) is 15.7. The third-order valence-corrected chi connectivity index (χ3v) is 3.11. The number of H-pyrrole nitrogens is 1. The minimum Gasteiger partial charge on any atom is -0.328 e. The monoisotopic (exact) mass is 273 g/mol. The number of hydrogen-bond acceptors (Lipinski definition) is 5. The second-order valence-corrected chi connectivity index (χ2v) is 4.81. The first kappa shape index (κ1) is 12.5. The molecule has 1 unspecified atom stereocenters. The minimum absolute atomic E-state index is 0.267. The van der Waals surface area contributed by atoms with E-state index in [1.807, 2.05) is 13.0 Å². The molecule has 0 saturated heterocycles. The molecular formula is C12H15N7O. The summed E-state index contributed by atoms with van der Waals surface area (Å²) in [6, 6.07) is 3.04. The Morgan fingerprint density at radius 1 is 1.40 bits per heavy atom. The third kappa shape index (κ3) is 2.90. The summed E-state index contributed by atoms with van der Waals surface area (Å²) < 4.78 is 0. The molecule has 0 radical (unpaired) electrons. The lowest BCUT2D eigenvalue weighted by Crippen LogP contribution is -2.32. The zero-order chi connectivity index (χ0) is 13.9. The Morgan fingerprint density at radius 2 is 2.25 bits per heavy atom. The molecule has 1 atom stereocenters. The Bertz CT molecular complexity index is 576. The number of carbonyl (C=O) groups is 1. The van der Waals surface area contributed by atoms with E-state index in [9.17, 15) is 4.79 Å². The van der Waals surface area contributed by atoms with Gasteiger partial charge in [0.05, 0.1) is 11.7 Å². The van der Waals surface area contributed by atoms with Crippen LogP contribution in [0.25, 0.3) is 0 Å². The zero-order valence-corrected chi connectivity index (χ0v) is 11.0. The van der Waals surface area contributed by atoms with Gasteiger partial charge in [-0.15, -0.1) is 5.10 Å². The van der Waals surface area contributed by atoms with Gasteiger partial charge in [0, 0.05) is 5.92 Å². The third-order valence-electron chi connectivity index (χ3n) is 3.11. The first-order chi connectivity index (χ1) is 9.72. The van der Waals surface area contributed by atoms with Gasteiger partial charge in [-0.2, -0.15) is 10.2 Å². The van der Waals surface area contributed by atoms with E-state index >= 15 is 0 Å². The summed E-state index contributed by atoms with van der Waals surface area (Å²) in [5.41, 5.74) is 0.992. The van der Waals surface area contributed by atoms with Crippen molar-refractivity contribution in [3.63, 3.8) is 0 Å². The maximum Gasteiger partial charge on any atom is 0.321 e. The van der Waals surface area contributed by atoms with Crippen molar-refractivity contribution in [2.45, 2.75) is 31.7 Å². The average molecular weight is 273 g/mol. The smallest absolute Gasteiger partial charge is 0.321 e. The predicted octanol–water partition coefficient (Wildman–Crippen LogP) is 1.35. The second kappa shape index (κ2) is 5.24. The van der Waals surface area contributed by atoms with Crippen molar-refractivity contribution in [3.8, 4) is 0 Å². The number of carbonyl (C=O) groups excluding carboxylic acids is 1. The summed E-state index contributed by atoms with van der Waals surface area (Å²) >= 11 is 0. The number of anilines is 1. The molecule has 1 fully saturated rings. The molecule has 8 heteroatoms. The van der Waals surface area contributed by atoms with Gasteiger partial charge in [-0.25, -0.2) is 9.78 Å². The van der Waals surface area contributed by atoms with Crippen LogP contribution >= 0.6 is 0 Å². The fraction of sp³-hybridized carbons (Fsp3) is 0.417. The number of urea groups is 1. The van der Waals surface area contributed by atoms with Crippen LogP contribution in [0.3, 0.4) is 0 Å². The van der Waals surface area contributed by atoms with Crippen LogP contribution in [0.4, 0.5) is 10.6 Å². The van der Waals surface area contributed by atoms with E-state index in [0.29, 0.717) is 17.6 Å². The number of aromatic nitrogens is 5. The van der Waals surface area contributed by atoms with E-state index in [1.54, 1.807) is 6.07 Å². The van der Waals surface area contributed by atoms with Gasteiger partial charge in [-0.1, -0.05) is 0 Å². The molecule has 1 aliphatic carbocycles. The first-order valence-corrected chi connectivity index (χ1v) is 6.49. The quantitative estimate of drug-likeness (QED) is 0.779. The molecule has 0 spiro atoms. The molecule has 3 N–H and O–H groups in total. The summed E-state index contributed by atoms with van der Waals surface area (Å²) in [5, 5.41) is 19.9. The second-order valence-electron chi connectivity index (χ2n) is 4.81. The van der Waals surface area contributed by atoms with Crippen LogP contribution in [0, 0.1) is 0 Å². The molecule has 8 nitrogen and oxygen atoms in total. The Morgan fingerprint density at radius 3 is 2.85 bits per heavy atom. The Hall–Kier alpha value is -2.51. The largest absolute Gasteiger partial charge is 0.328 e. The molecule has 0 bridgehead atoms. The first-order valence-electron chi connectivity index (χ1n) is 6.49. The fourth-order valence-electron chi connectivity index (χ4n) is 1.85. The van der Waals surface area contributed by atoms with Crippen LogP contribution in [-0.4, -0.2) is 31.4 Å². The van der Waals surface area contributed by atoms with Crippen LogP contribution in [0.15, 0.2) is 18.5 Å². The molecular weight excluding hydrogens is 258 g/mol. The van der Waals surface area contributed by atoms with Gasteiger partial charge in [0.15, 0.2) is 5.82 Å². The van der Waals surface area contributed by atoms with Crippen molar-refractivity contribution in [2.24, 2.45) is 0 Å². The van der Waals surface area contributed by atoms with Crippen LogP contribution in [-0.2, 0) is 0 Å². The standard InChI is InChI=1S/C12H15N7O/c1-7(11-13-6-14-19-11)15-12(20)16-10-5-4-9(17-18-10)8-2-3-8/h4-8H,2-3H2,1H3,(H,13,14,19)(H2,15,16,18,20). The van der Waals surface area contributed by atoms with Gasteiger partial charge in [-0.3, -0.25) is 10.4 Å². The summed E-state index contributed by atoms with van der Waals surface area (Å²) in [5.74, 6) is 1.57. The van der Waals surface area contributed by atoms with Gasteiger partial charge in [0.2, 0.25) is 0 Å². The van der Waals surface area contributed by atoms with Crippen LogP contribution < -0.4 is 10.6 Å². The lowest BCUT2D eigenvalue weighted by molar-refractivity contribution is 0.249. The van der Waals surface area contributed by atoms with Crippen molar-refractivity contribution in [1.29, 1.82) is 0 Å². The van der Waals surface area contributed by atoms with E-state index in [2.05, 4.69) is 36.0 Å². The number of rotatable bonds is 4. The molecule has 2 aromatic rings. The lowest BCUT2D eigenvalue weighted by Gasteiger charge is -2.11. The lowest BCUT2D eigenvalue weighted by atomic mass is 10.3. The van der Waals surface area contributed by atoms with E-state index in [0.717, 1.165) is 5.69 Å². The van der Waals surface area contributed by atoms with Crippen molar-refractivity contribution >= 4 is 11.8 Å². The molecule has 104 valence electrons. The Balaban J connectivity index is 1.55. The molecule has 0 aromatic carbocycles. The number of aromatic amines is 1. The molecule has 0 aliphatic heterocycles. The average Bonchev–Trinajstić information content (AvgIpc) is 3.14. The molecule has 3 rings (SSSR count). The van der Waals surface area contributed by atoms with Crippen molar-refractivity contribution < 1.29 is 4.79 Å². The van der Waals surface area contributed by atoms with Crippen LogP contribution in [0.2, 0.25) is 0 Å². The molecule has 1 aliphatic rings. The van der Waals surface area contributed by atoms with Crippen LogP contribution in [0.5, 0.6) is 0 Å². The van der Waals surface area contributed by atoms with Gasteiger partial charge < -0.3 is 5.32 Å². The fourth-order valence-corrected chi connectivity index (χ4v) is 1.85. The highest BCUT2D eigenvalue weighted by Crippen LogP contribution is 2.38. The maximum absolute atomic E-state index is 11.8. The maximum atomic E-state index is 11.8. The Kier molecular flexibility index (Phi) is 3.28. The molecule has 2 amide bonds. The summed E-state index contributed by atoms with van der Waals surface area (Å²) in [7, 11) is 0. The predicted molar refractivity (Wildman–Crippen MR) is 71.0 cm³/mol. The van der Waals surface area contributed by atoms with E-state index < -0.39 is 0 Å². The molecule has 20 heavy (non-hydrogen) atoms. The molecule has 2 heterocycles. The highest BCUT2D eigenvalue weighted by Gasteiger charge is 2.25. The topological polar surface area (TPSA) is 108 Å². The number of amides is 2. The van der Waals surface area contributed by atoms with E-state index in [-0.39, 0.29) is 12.1 Å². The van der Waals surface area contributed by atoms with Crippen LogP contribution in [0.1, 0.15) is 43.2 Å². The van der Waals surface area contributed by atoms with Gasteiger partial charge in [0.1, 0.15) is 12.2 Å². The highest BCUT2D eigenvalue weighted by atomic mass is 16.2. The molecule has 1 saturated carbocycles. The van der Waals surface area contributed by atoms with Crippen molar-refractivity contribution in [2.75, 3.05) is 5.32 Å².